The van der Waals surface area contributed by atoms with E-state index in [2.05, 4.69) is 0 Å². The fraction of sp³-hybridized carbons (Fsp3) is 0.533. The van der Waals surface area contributed by atoms with Crippen LogP contribution in [0.25, 0.3) is 0 Å². The van der Waals surface area contributed by atoms with Crippen molar-refractivity contribution in [2.75, 3.05) is 13.1 Å². The maximum Gasteiger partial charge on any atom is 0.312 e. The van der Waals surface area contributed by atoms with Crippen molar-refractivity contribution in [3.8, 4) is 0 Å². The number of alkyl halides is 2. The van der Waals surface area contributed by atoms with E-state index in [0.29, 0.717) is 9.87 Å². The van der Waals surface area contributed by atoms with E-state index in [1.165, 1.54) is 0 Å². The summed E-state index contributed by atoms with van der Waals surface area (Å²) in [5.41, 5.74) is 1.57. The van der Waals surface area contributed by atoms with Crippen molar-refractivity contribution in [2.45, 2.75) is 31.4 Å². The van der Waals surface area contributed by atoms with Gasteiger partial charge in [0, 0.05) is 6.54 Å². The molecule has 0 aromatic heterocycles. The minimum atomic E-state index is -3.92. The van der Waals surface area contributed by atoms with E-state index in [1.54, 1.807) is 24.3 Å². The Kier molecular flexibility index (Phi) is 5.05. The number of hydrogen-bond donors (Lipinski definition) is 1. The van der Waals surface area contributed by atoms with E-state index >= 15 is 0 Å². The van der Waals surface area contributed by atoms with Gasteiger partial charge in [0.25, 0.3) is 5.92 Å². The maximum absolute atomic E-state index is 13.9. The van der Waals surface area contributed by atoms with Gasteiger partial charge < -0.3 is 5.11 Å². The lowest BCUT2D eigenvalue weighted by molar-refractivity contribution is -0.163. The van der Waals surface area contributed by atoms with Crippen molar-refractivity contribution >= 4 is 16.0 Å². The summed E-state index contributed by atoms with van der Waals surface area (Å²) < 4.78 is 53.0. The highest BCUT2D eigenvalue weighted by Gasteiger charge is 2.51. The molecule has 0 spiro atoms. The number of rotatable bonds is 5. The van der Waals surface area contributed by atoms with Crippen LogP contribution in [0, 0.1) is 5.92 Å². The molecule has 0 radical (unpaired) electrons. The zero-order valence-electron chi connectivity index (χ0n) is 12.7. The zero-order chi connectivity index (χ0) is 17.3. The predicted molar refractivity (Wildman–Crippen MR) is 80.7 cm³/mol. The van der Waals surface area contributed by atoms with Crippen LogP contribution in [0.3, 0.4) is 0 Å². The molecule has 1 unspecified atom stereocenters. The van der Waals surface area contributed by atoms with Crippen molar-refractivity contribution in [1.82, 2.24) is 4.31 Å². The number of halogens is 2. The monoisotopic (exact) mass is 347 g/mol. The van der Waals surface area contributed by atoms with E-state index in [9.17, 15) is 22.0 Å². The first-order valence-electron chi connectivity index (χ1n) is 7.32. The largest absolute Gasteiger partial charge is 0.481 e. The smallest absolute Gasteiger partial charge is 0.312 e. The van der Waals surface area contributed by atoms with Crippen LogP contribution < -0.4 is 0 Å². The van der Waals surface area contributed by atoms with Gasteiger partial charge in [-0.1, -0.05) is 31.2 Å². The van der Waals surface area contributed by atoms with Gasteiger partial charge in [0.15, 0.2) is 0 Å². The zero-order valence-corrected chi connectivity index (χ0v) is 13.5. The summed E-state index contributed by atoms with van der Waals surface area (Å²) in [6.07, 6.45) is 0.429. The van der Waals surface area contributed by atoms with E-state index in [-0.39, 0.29) is 12.3 Å². The van der Waals surface area contributed by atoms with Crippen LogP contribution in [0.4, 0.5) is 8.78 Å². The fourth-order valence-electron chi connectivity index (χ4n) is 2.62. The number of nitrogens with zero attached hydrogens (tertiary/aromatic N) is 1. The number of carboxylic acid groups (broad SMARTS) is 1. The molecule has 0 saturated carbocycles. The molecule has 1 aliphatic rings. The molecule has 0 aliphatic carbocycles. The topological polar surface area (TPSA) is 74.7 Å². The lowest BCUT2D eigenvalue weighted by Gasteiger charge is -2.35. The van der Waals surface area contributed by atoms with E-state index in [4.69, 9.17) is 5.11 Å². The van der Waals surface area contributed by atoms with Crippen LogP contribution in [0.2, 0.25) is 0 Å². The molecule has 1 saturated heterocycles. The first-order chi connectivity index (χ1) is 10.7. The van der Waals surface area contributed by atoms with Crippen LogP contribution in [0.5, 0.6) is 0 Å². The molecule has 1 fully saturated rings. The fourth-order valence-corrected chi connectivity index (χ4v) is 4.17. The van der Waals surface area contributed by atoms with Crippen LogP contribution in [0.1, 0.15) is 24.5 Å². The Morgan fingerprint density at radius 3 is 2.35 bits per heavy atom. The summed E-state index contributed by atoms with van der Waals surface area (Å²) >= 11 is 0. The Morgan fingerprint density at radius 2 is 1.87 bits per heavy atom. The Morgan fingerprint density at radius 1 is 1.30 bits per heavy atom. The molecule has 2 rings (SSSR count). The summed E-state index contributed by atoms with van der Waals surface area (Å²) in [6, 6.07) is 6.93. The molecule has 0 bridgehead atoms. The first kappa shape index (κ1) is 17.8. The van der Waals surface area contributed by atoms with Gasteiger partial charge in [-0.3, -0.25) is 4.79 Å². The van der Waals surface area contributed by atoms with Crippen molar-refractivity contribution in [3.63, 3.8) is 0 Å². The Labute approximate surface area is 134 Å². The highest BCUT2D eigenvalue weighted by atomic mass is 32.2. The summed E-state index contributed by atoms with van der Waals surface area (Å²) in [4.78, 5) is 10.8. The standard InChI is InChI=1S/C15H19F2NO4S/c1-2-11-3-5-12(6-4-11)9-23(21,22)18-8-7-13(14(19)20)15(16,17)10-18/h3-6,13H,2,7-10H2,1H3,(H,19,20). The normalized spacial score (nSPS) is 22.0. The molecule has 1 atom stereocenters. The number of sulfonamides is 1. The minimum Gasteiger partial charge on any atom is -0.481 e. The van der Waals surface area contributed by atoms with Crippen LogP contribution in [-0.4, -0.2) is 42.8 Å². The first-order valence-corrected chi connectivity index (χ1v) is 8.93. The van der Waals surface area contributed by atoms with Crippen LogP contribution in [0.15, 0.2) is 24.3 Å². The van der Waals surface area contributed by atoms with E-state index in [1.807, 2.05) is 6.92 Å². The van der Waals surface area contributed by atoms with Crippen LogP contribution in [-0.2, 0) is 27.0 Å². The van der Waals surface area contributed by atoms with Crippen molar-refractivity contribution in [3.05, 3.63) is 35.4 Å². The van der Waals surface area contributed by atoms with Gasteiger partial charge in [-0.25, -0.2) is 17.2 Å². The van der Waals surface area contributed by atoms with Crippen molar-refractivity contribution in [2.24, 2.45) is 5.92 Å². The summed E-state index contributed by atoms with van der Waals surface area (Å²) in [5.74, 6) is -7.37. The molecule has 5 nitrogen and oxygen atoms in total. The van der Waals surface area contributed by atoms with Gasteiger partial charge in [0.2, 0.25) is 10.0 Å². The molecule has 1 aromatic rings. The van der Waals surface area contributed by atoms with Crippen LogP contribution >= 0.6 is 0 Å². The second-order valence-corrected chi connectivity index (χ2v) is 7.67. The molecule has 1 aromatic carbocycles. The SMILES string of the molecule is CCc1ccc(CS(=O)(=O)N2CCC(C(=O)O)C(F)(F)C2)cc1. The highest BCUT2D eigenvalue weighted by molar-refractivity contribution is 7.88. The molecule has 1 aliphatic heterocycles. The third-order valence-electron chi connectivity index (χ3n) is 4.04. The Bertz CT molecular complexity index is 673. The third-order valence-corrected chi connectivity index (χ3v) is 5.83. The third kappa shape index (κ3) is 4.06. The molecular weight excluding hydrogens is 328 g/mol. The Hall–Kier alpha value is -1.54. The van der Waals surface area contributed by atoms with Crippen molar-refractivity contribution < 1.29 is 27.1 Å². The molecular formula is C15H19F2NO4S. The summed E-state index contributed by atoms with van der Waals surface area (Å²) in [6.45, 7) is 0.682. The number of hydrogen-bond acceptors (Lipinski definition) is 3. The highest BCUT2D eigenvalue weighted by Crippen LogP contribution is 2.34. The molecule has 8 heteroatoms. The molecule has 0 amide bonds. The quantitative estimate of drug-likeness (QED) is 0.885. The number of piperidine rings is 1. The molecule has 128 valence electrons. The molecule has 23 heavy (non-hydrogen) atoms. The number of aliphatic carboxylic acids is 1. The van der Waals surface area contributed by atoms with Gasteiger partial charge in [-0.2, -0.15) is 4.31 Å². The van der Waals surface area contributed by atoms with E-state index < -0.39 is 40.8 Å². The second kappa shape index (κ2) is 6.52. The van der Waals surface area contributed by atoms with E-state index in [0.717, 1.165) is 12.0 Å². The maximum atomic E-state index is 13.9. The van der Waals surface area contributed by atoms with Gasteiger partial charge in [-0.15, -0.1) is 0 Å². The number of aryl methyl sites for hydroxylation is 1. The lowest BCUT2D eigenvalue weighted by Crippen LogP contribution is -2.53. The summed E-state index contributed by atoms with van der Waals surface area (Å²) in [7, 11) is -3.92. The molecule has 1 heterocycles. The average molecular weight is 347 g/mol. The van der Waals surface area contributed by atoms with Gasteiger partial charge >= 0.3 is 5.97 Å². The number of benzene rings is 1. The van der Waals surface area contributed by atoms with Gasteiger partial charge in [0.1, 0.15) is 5.92 Å². The minimum absolute atomic E-state index is 0.206. The second-order valence-electron chi connectivity index (χ2n) is 5.70. The average Bonchev–Trinajstić information content (AvgIpc) is 2.46. The Balaban J connectivity index is 2.12. The number of carboxylic acids is 1. The predicted octanol–water partition coefficient (Wildman–Crippen LogP) is 2.12. The number of carbonyl (C=O) groups is 1. The van der Waals surface area contributed by atoms with Gasteiger partial charge in [0.05, 0.1) is 12.3 Å². The lowest BCUT2D eigenvalue weighted by atomic mass is 9.94. The molecule has 1 N–H and O–H groups in total. The van der Waals surface area contributed by atoms with Crippen molar-refractivity contribution in [1.29, 1.82) is 0 Å². The van der Waals surface area contributed by atoms with Gasteiger partial charge in [-0.05, 0) is 24.0 Å². The summed E-state index contributed by atoms with van der Waals surface area (Å²) in [5, 5.41) is 8.80.